The van der Waals surface area contributed by atoms with Gasteiger partial charge in [0.05, 0.1) is 10.6 Å². The number of hydrogen-bond donors (Lipinski definition) is 1. The van der Waals surface area contributed by atoms with Crippen LogP contribution >= 0.6 is 11.8 Å². The van der Waals surface area contributed by atoms with Gasteiger partial charge in [-0.05, 0) is 50.5 Å². The topological polar surface area (TPSA) is 97.2 Å². The molecule has 1 atom stereocenters. The van der Waals surface area contributed by atoms with Crippen molar-refractivity contribution in [2.24, 2.45) is 0 Å². The first kappa shape index (κ1) is 24.4. The number of nitrogens with zero attached hydrogens (tertiary/aromatic N) is 4. The minimum absolute atomic E-state index is 0.0674. The monoisotopic (exact) mass is 499 g/mol. The minimum Gasteiger partial charge on any atom is -0.353 e. The van der Waals surface area contributed by atoms with Crippen LogP contribution in [0.5, 0.6) is 0 Å². The Hall–Kier alpha value is -2.69. The zero-order valence-electron chi connectivity index (χ0n) is 19.3. The van der Waals surface area contributed by atoms with E-state index in [0.29, 0.717) is 29.6 Å². The molecule has 1 fully saturated rings. The summed E-state index contributed by atoms with van der Waals surface area (Å²) in [6.07, 6.45) is 2.62. The molecule has 0 radical (unpaired) electrons. The van der Waals surface area contributed by atoms with Crippen molar-refractivity contribution in [3.05, 3.63) is 54.6 Å². The smallest absolute Gasteiger partial charge is 0.243 e. The molecule has 1 aromatic heterocycles. The van der Waals surface area contributed by atoms with E-state index in [1.54, 1.807) is 18.2 Å². The highest BCUT2D eigenvalue weighted by Gasteiger charge is 2.28. The van der Waals surface area contributed by atoms with Crippen molar-refractivity contribution < 1.29 is 13.2 Å². The van der Waals surface area contributed by atoms with E-state index in [2.05, 4.69) is 15.5 Å². The number of sulfonamides is 1. The molecule has 1 saturated heterocycles. The molecule has 3 aromatic rings. The second kappa shape index (κ2) is 10.7. The lowest BCUT2D eigenvalue weighted by Crippen LogP contribution is -2.33. The standard InChI is InChI=1S/C24H29N5O3S2/c1-3-18(2)25-22(30)17-33-24-27-26-23(29(24)20-11-5-4-6-12-20)19-10-9-13-21(16-19)34(31,32)28-14-7-8-15-28/h4-6,9-13,16,18H,3,7-8,14-15,17H2,1-2H3,(H,25,30). The third-order valence-corrected chi connectivity index (χ3v) is 8.62. The zero-order chi connectivity index (χ0) is 24.1. The summed E-state index contributed by atoms with van der Waals surface area (Å²) >= 11 is 1.30. The van der Waals surface area contributed by atoms with Gasteiger partial charge >= 0.3 is 0 Å². The van der Waals surface area contributed by atoms with E-state index in [1.807, 2.05) is 54.8 Å². The maximum Gasteiger partial charge on any atom is 0.243 e. The predicted octanol–water partition coefficient (Wildman–Crippen LogP) is 3.73. The molecular formula is C24H29N5O3S2. The number of thioether (sulfide) groups is 1. The number of nitrogens with one attached hydrogen (secondary N) is 1. The number of hydrogen-bond acceptors (Lipinski definition) is 6. The molecule has 10 heteroatoms. The fraction of sp³-hybridized carbons (Fsp3) is 0.375. The van der Waals surface area contributed by atoms with Crippen LogP contribution in [0, 0.1) is 0 Å². The summed E-state index contributed by atoms with van der Waals surface area (Å²) in [6.45, 7) is 5.09. The van der Waals surface area contributed by atoms with Gasteiger partial charge < -0.3 is 5.32 Å². The van der Waals surface area contributed by atoms with Crippen molar-refractivity contribution in [2.75, 3.05) is 18.8 Å². The number of benzene rings is 2. The average molecular weight is 500 g/mol. The van der Waals surface area contributed by atoms with Gasteiger partial charge in [0.1, 0.15) is 0 Å². The van der Waals surface area contributed by atoms with E-state index in [1.165, 1.54) is 16.1 Å². The molecule has 4 rings (SSSR count). The van der Waals surface area contributed by atoms with Crippen LogP contribution in [0.4, 0.5) is 0 Å². The molecule has 2 aromatic carbocycles. The summed E-state index contributed by atoms with van der Waals surface area (Å²) in [4.78, 5) is 12.6. The Bertz CT molecular complexity index is 1240. The Kier molecular flexibility index (Phi) is 7.70. The molecule has 0 bridgehead atoms. The zero-order valence-corrected chi connectivity index (χ0v) is 21.0. The van der Waals surface area contributed by atoms with Crippen LogP contribution in [-0.4, -0.2) is 58.3 Å². The van der Waals surface area contributed by atoms with Gasteiger partial charge in [-0.3, -0.25) is 9.36 Å². The summed E-state index contributed by atoms with van der Waals surface area (Å²) in [7, 11) is -3.56. The maximum absolute atomic E-state index is 13.1. The molecule has 180 valence electrons. The van der Waals surface area contributed by atoms with E-state index in [4.69, 9.17) is 0 Å². The quantitative estimate of drug-likeness (QED) is 0.451. The van der Waals surface area contributed by atoms with E-state index in [-0.39, 0.29) is 22.6 Å². The third kappa shape index (κ3) is 5.34. The highest BCUT2D eigenvalue weighted by atomic mass is 32.2. The fourth-order valence-corrected chi connectivity index (χ4v) is 6.11. The summed E-state index contributed by atoms with van der Waals surface area (Å²) in [6, 6.07) is 16.6. The van der Waals surface area contributed by atoms with Gasteiger partial charge in [0, 0.05) is 30.4 Å². The summed E-state index contributed by atoms with van der Waals surface area (Å²) in [5, 5.41) is 12.3. The SMILES string of the molecule is CCC(C)NC(=O)CSc1nnc(-c2cccc(S(=O)(=O)N3CCCC3)c2)n1-c1ccccc1. The van der Waals surface area contributed by atoms with Crippen LogP contribution in [0.3, 0.4) is 0 Å². The molecule has 1 N–H and O–H groups in total. The number of amides is 1. The highest BCUT2D eigenvalue weighted by Crippen LogP contribution is 2.30. The van der Waals surface area contributed by atoms with Crippen LogP contribution < -0.4 is 5.32 Å². The lowest BCUT2D eigenvalue weighted by Gasteiger charge is -2.16. The number of para-hydroxylation sites is 1. The van der Waals surface area contributed by atoms with Crippen molar-refractivity contribution in [2.45, 2.75) is 49.2 Å². The molecule has 0 spiro atoms. The van der Waals surface area contributed by atoms with E-state index in [0.717, 1.165) is 24.9 Å². The molecule has 0 aliphatic carbocycles. The first-order valence-corrected chi connectivity index (χ1v) is 13.9. The number of aromatic nitrogens is 3. The molecule has 0 saturated carbocycles. The number of rotatable bonds is 9. The summed E-state index contributed by atoms with van der Waals surface area (Å²) in [5.41, 5.74) is 1.48. The maximum atomic E-state index is 13.1. The van der Waals surface area contributed by atoms with E-state index < -0.39 is 10.0 Å². The van der Waals surface area contributed by atoms with Crippen LogP contribution in [0.2, 0.25) is 0 Å². The van der Waals surface area contributed by atoms with Crippen molar-refractivity contribution in [1.82, 2.24) is 24.4 Å². The van der Waals surface area contributed by atoms with E-state index >= 15 is 0 Å². The van der Waals surface area contributed by atoms with Crippen molar-refractivity contribution in [1.29, 1.82) is 0 Å². The average Bonchev–Trinajstić information content (AvgIpc) is 3.54. The van der Waals surface area contributed by atoms with Gasteiger partial charge in [-0.1, -0.05) is 49.0 Å². The Morgan fingerprint density at radius 3 is 2.53 bits per heavy atom. The van der Waals surface area contributed by atoms with Crippen molar-refractivity contribution >= 4 is 27.7 Å². The predicted molar refractivity (Wildman–Crippen MR) is 133 cm³/mol. The molecule has 1 unspecified atom stereocenters. The van der Waals surface area contributed by atoms with Gasteiger partial charge in [0.2, 0.25) is 15.9 Å². The van der Waals surface area contributed by atoms with Gasteiger partial charge in [-0.15, -0.1) is 10.2 Å². The van der Waals surface area contributed by atoms with Gasteiger partial charge in [-0.25, -0.2) is 8.42 Å². The first-order chi connectivity index (χ1) is 16.4. The van der Waals surface area contributed by atoms with Gasteiger partial charge in [0.25, 0.3) is 0 Å². The fourth-order valence-electron chi connectivity index (χ4n) is 3.78. The molecule has 1 aliphatic heterocycles. The Balaban J connectivity index is 1.68. The van der Waals surface area contributed by atoms with Crippen LogP contribution in [0.25, 0.3) is 17.1 Å². The number of carbonyl (C=O) groups is 1. The molecule has 1 aliphatic rings. The minimum atomic E-state index is -3.56. The Labute approximate surface area is 204 Å². The van der Waals surface area contributed by atoms with Crippen LogP contribution in [-0.2, 0) is 14.8 Å². The Morgan fingerprint density at radius 1 is 1.09 bits per heavy atom. The summed E-state index contributed by atoms with van der Waals surface area (Å²) in [5.74, 6) is 0.662. The molecule has 1 amide bonds. The van der Waals surface area contributed by atoms with Crippen molar-refractivity contribution in [3.8, 4) is 17.1 Å². The van der Waals surface area contributed by atoms with Crippen molar-refractivity contribution in [3.63, 3.8) is 0 Å². The highest BCUT2D eigenvalue weighted by molar-refractivity contribution is 7.99. The van der Waals surface area contributed by atoms with Crippen LogP contribution in [0.1, 0.15) is 33.1 Å². The van der Waals surface area contributed by atoms with Gasteiger partial charge in [0.15, 0.2) is 11.0 Å². The number of carbonyl (C=O) groups excluding carboxylic acids is 1. The van der Waals surface area contributed by atoms with E-state index in [9.17, 15) is 13.2 Å². The molecule has 34 heavy (non-hydrogen) atoms. The molecular weight excluding hydrogens is 470 g/mol. The lowest BCUT2D eigenvalue weighted by atomic mass is 10.2. The largest absolute Gasteiger partial charge is 0.353 e. The summed E-state index contributed by atoms with van der Waals surface area (Å²) < 4.78 is 29.6. The molecule has 8 nitrogen and oxygen atoms in total. The first-order valence-electron chi connectivity index (χ1n) is 11.4. The van der Waals surface area contributed by atoms with Gasteiger partial charge in [-0.2, -0.15) is 4.31 Å². The van der Waals surface area contributed by atoms with Crippen LogP contribution in [0.15, 0.2) is 64.6 Å². The lowest BCUT2D eigenvalue weighted by molar-refractivity contribution is -0.119. The third-order valence-electron chi connectivity index (χ3n) is 5.79. The second-order valence-corrected chi connectivity index (χ2v) is 11.2. The second-order valence-electron chi connectivity index (χ2n) is 8.28. The Morgan fingerprint density at radius 2 is 1.82 bits per heavy atom. The molecule has 2 heterocycles. The normalized spacial score (nSPS) is 15.4.